The summed E-state index contributed by atoms with van der Waals surface area (Å²) in [5.74, 6) is 0.752. The predicted octanol–water partition coefficient (Wildman–Crippen LogP) is 2.62. The molecule has 1 N–H and O–H groups in total. The van der Waals surface area contributed by atoms with Gasteiger partial charge in [-0.1, -0.05) is 6.92 Å². The minimum absolute atomic E-state index is 0.0134. The molecule has 2 aromatic rings. The Morgan fingerprint density at radius 3 is 2.80 bits per heavy atom. The van der Waals surface area contributed by atoms with Crippen molar-refractivity contribution in [3.05, 3.63) is 39.8 Å². The molecule has 0 fully saturated rings. The van der Waals surface area contributed by atoms with Crippen molar-refractivity contribution in [2.75, 3.05) is 6.54 Å². The first-order valence-electron chi connectivity index (χ1n) is 6.34. The number of hydrogen-bond donors (Lipinski definition) is 1. The van der Waals surface area contributed by atoms with E-state index in [4.69, 9.17) is 4.42 Å². The molecule has 1 heterocycles. The Morgan fingerprint density at radius 1 is 1.40 bits per heavy atom. The largest absolute Gasteiger partial charge is 0.419 e. The van der Waals surface area contributed by atoms with Crippen molar-refractivity contribution in [3.63, 3.8) is 0 Å². The summed E-state index contributed by atoms with van der Waals surface area (Å²) in [5.41, 5.74) is 1.34. The molecule has 0 saturated carbocycles. The van der Waals surface area contributed by atoms with Gasteiger partial charge in [-0.2, -0.15) is 0 Å². The lowest BCUT2D eigenvalue weighted by atomic mass is 10.1. The van der Waals surface area contributed by atoms with E-state index in [2.05, 4.69) is 15.5 Å². The van der Waals surface area contributed by atoms with Crippen LogP contribution in [0.2, 0.25) is 0 Å². The highest BCUT2D eigenvalue weighted by atomic mass is 16.6. The molecule has 7 heteroatoms. The maximum atomic E-state index is 10.9. The van der Waals surface area contributed by atoms with Crippen LogP contribution in [0.25, 0.3) is 11.5 Å². The Hall–Kier alpha value is -2.28. The number of nitrogens with one attached hydrogen (secondary N) is 1. The normalized spacial score (nSPS) is 12.3. The summed E-state index contributed by atoms with van der Waals surface area (Å²) in [7, 11) is 0. The molecule has 1 atom stereocenters. The molecule has 1 unspecified atom stereocenters. The second-order valence-corrected chi connectivity index (χ2v) is 4.54. The van der Waals surface area contributed by atoms with Gasteiger partial charge in [-0.05, 0) is 32.0 Å². The zero-order chi connectivity index (χ0) is 14.7. The molecular formula is C13H16N4O3. The van der Waals surface area contributed by atoms with E-state index in [0.717, 1.165) is 12.1 Å². The molecule has 0 aliphatic carbocycles. The number of nitro benzene ring substituents is 1. The lowest BCUT2D eigenvalue weighted by Crippen LogP contribution is -2.17. The van der Waals surface area contributed by atoms with Crippen LogP contribution in [0.5, 0.6) is 0 Å². The maximum absolute atomic E-state index is 10.9. The number of benzene rings is 1. The Balaban J connectivity index is 2.34. The summed E-state index contributed by atoms with van der Waals surface area (Å²) in [4.78, 5) is 10.4. The van der Waals surface area contributed by atoms with E-state index in [1.165, 1.54) is 12.1 Å². The van der Waals surface area contributed by atoms with Crippen LogP contribution in [0.1, 0.15) is 31.3 Å². The molecule has 0 spiro atoms. The van der Waals surface area contributed by atoms with Crippen molar-refractivity contribution < 1.29 is 9.34 Å². The van der Waals surface area contributed by atoms with E-state index in [1.807, 2.05) is 13.8 Å². The number of nitro groups is 1. The van der Waals surface area contributed by atoms with Crippen LogP contribution in [-0.4, -0.2) is 21.7 Å². The fourth-order valence-electron chi connectivity index (χ4n) is 1.91. The number of nitrogens with zero attached hydrogens (tertiary/aromatic N) is 3. The van der Waals surface area contributed by atoms with Gasteiger partial charge in [0.2, 0.25) is 11.8 Å². The first kappa shape index (κ1) is 14.1. The van der Waals surface area contributed by atoms with Gasteiger partial charge in [0.1, 0.15) is 0 Å². The monoisotopic (exact) mass is 276 g/mol. The van der Waals surface area contributed by atoms with Crippen LogP contribution in [0.15, 0.2) is 22.6 Å². The summed E-state index contributed by atoms with van der Waals surface area (Å²) >= 11 is 0. The standard InChI is InChI=1S/C13H16N4O3/c1-4-14-9(3)12-15-16-13(20-12)10-5-8(2)6-11(7-10)17(18)19/h5-7,9,14H,4H2,1-3H3. The lowest BCUT2D eigenvalue weighted by molar-refractivity contribution is -0.384. The van der Waals surface area contributed by atoms with Crippen LogP contribution >= 0.6 is 0 Å². The third-order valence-electron chi connectivity index (χ3n) is 2.84. The molecule has 0 amide bonds. The fraction of sp³-hybridized carbons (Fsp3) is 0.385. The zero-order valence-corrected chi connectivity index (χ0v) is 11.6. The van der Waals surface area contributed by atoms with Gasteiger partial charge in [-0.3, -0.25) is 10.1 Å². The predicted molar refractivity (Wildman–Crippen MR) is 73.2 cm³/mol. The molecule has 0 saturated heterocycles. The molecule has 0 aliphatic rings. The van der Waals surface area contributed by atoms with Gasteiger partial charge in [0.15, 0.2) is 0 Å². The number of aryl methyl sites for hydroxylation is 1. The van der Waals surface area contributed by atoms with Crippen molar-refractivity contribution in [1.29, 1.82) is 0 Å². The van der Waals surface area contributed by atoms with Crippen LogP contribution in [0, 0.1) is 17.0 Å². The van der Waals surface area contributed by atoms with Crippen LogP contribution < -0.4 is 5.32 Å². The molecule has 0 aliphatic heterocycles. The quantitative estimate of drug-likeness (QED) is 0.666. The van der Waals surface area contributed by atoms with E-state index in [1.54, 1.807) is 13.0 Å². The highest BCUT2D eigenvalue weighted by Gasteiger charge is 2.16. The third-order valence-corrected chi connectivity index (χ3v) is 2.84. The SMILES string of the molecule is CCNC(C)c1nnc(-c2cc(C)cc([N+](=O)[O-])c2)o1. The van der Waals surface area contributed by atoms with Crippen LogP contribution in [0.3, 0.4) is 0 Å². The van der Waals surface area contributed by atoms with Crippen molar-refractivity contribution in [2.24, 2.45) is 0 Å². The van der Waals surface area contributed by atoms with E-state index >= 15 is 0 Å². The summed E-state index contributed by atoms with van der Waals surface area (Å²) < 4.78 is 5.57. The summed E-state index contributed by atoms with van der Waals surface area (Å²) in [6.45, 7) is 6.47. The molecule has 1 aromatic carbocycles. The molecule has 0 bridgehead atoms. The van der Waals surface area contributed by atoms with Gasteiger partial charge in [0, 0.05) is 17.7 Å². The van der Waals surface area contributed by atoms with E-state index in [0.29, 0.717) is 11.5 Å². The number of hydrogen-bond acceptors (Lipinski definition) is 6. The third kappa shape index (κ3) is 3.00. The molecule has 0 radical (unpaired) electrons. The highest BCUT2D eigenvalue weighted by Crippen LogP contribution is 2.26. The second kappa shape index (κ2) is 5.79. The Morgan fingerprint density at radius 2 is 2.15 bits per heavy atom. The first-order valence-corrected chi connectivity index (χ1v) is 6.34. The molecular weight excluding hydrogens is 260 g/mol. The molecule has 20 heavy (non-hydrogen) atoms. The van der Waals surface area contributed by atoms with Gasteiger partial charge in [-0.25, -0.2) is 0 Å². The van der Waals surface area contributed by atoms with Crippen LogP contribution in [-0.2, 0) is 0 Å². The summed E-state index contributed by atoms with van der Waals surface area (Å²) in [6, 6.07) is 4.66. The van der Waals surface area contributed by atoms with Crippen molar-refractivity contribution >= 4 is 5.69 Å². The zero-order valence-electron chi connectivity index (χ0n) is 11.6. The summed E-state index contributed by atoms with van der Waals surface area (Å²) in [5, 5.41) is 21.9. The van der Waals surface area contributed by atoms with E-state index < -0.39 is 4.92 Å². The Labute approximate surface area is 116 Å². The maximum Gasteiger partial charge on any atom is 0.270 e. The number of non-ortho nitro benzene ring substituents is 1. The van der Waals surface area contributed by atoms with E-state index in [9.17, 15) is 10.1 Å². The molecule has 1 aromatic heterocycles. The molecule has 7 nitrogen and oxygen atoms in total. The minimum atomic E-state index is -0.435. The van der Waals surface area contributed by atoms with Gasteiger partial charge in [0.25, 0.3) is 5.69 Å². The van der Waals surface area contributed by atoms with Crippen molar-refractivity contribution in [2.45, 2.75) is 26.8 Å². The van der Waals surface area contributed by atoms with Crippen molar-refractivity contribution in [1.82, 2.24) is 15.5 Å². The van der Waals surface area contributed by atoms with E-state index in [-0.39, 0.29) is 17.6 Å². The minimum Gasteiger partial charge on any atom is -0.419 e. The Kier molecular flexibility index (Phi) is 4.09. The highest BCUT2D eigenvalue weighted by molar-refractivity contribution is 5.59. The fourth-order valence-corrected chi connectivity index (χ4v) is 1.91. The smallest absolute Gasteiger partial charge is 0.270 e. The average Bonchev–Trinajstić information content (AvgIpc) is 2.88. The summed E-state index contributed by atoms with van der Waals surface area (Å²) in [6.07, 6.45) is 0. The average molecular weight is 276 g/mol. The van der Waals surface area contributed by atoms with Gasteiger partial charge < -0.3 is 9.73 Å². The topological polar surface area (TPSA) is 94.1 Å². The van der Waals surface area contributed by atoms with Crippen LogP contribution in [0.4, 0.5) is 5.69 Å². The number of rotatable bonds is 5. The van der Waals surface area contributed by atoms with Crippen molar-refractivity contribution in [3.8, 4) is 11.5 Å². The second-order valence-electron chi connectivity index (χ2n) is 4.54. The first-order chi connectivity index (χ1) is 9.51. The van der Waals surface area contributed by atoms with Gasteiger partial charge >= 0.3 is 0 Å². The number of aromatic nitrogens is 2. The lowest BCUT2D eigenvalue weighted by Gasteiger charge is -2.05. The Bertz CT molecular complexity index is 624. The molecule has 2 rings (SSSR count). The van der Waals surface area contributed by atoms with Gasteiger partial charge in [-0.15, -0.1) is 10.2 Å². The molecule has 106 valence electrons. The van der Waals surface area contributed by atoms with Gasteiger partial charge in [0.05, 0.1) is 11.0 Å².